The molecule has 1 amide bonds. The molecule has 0 aromatic carbocycles. The minimum absolute atomic E-state index is 0. The smallest absolute Gasteiger partial charge is 0.228 e. The highest BCUT2D eigenvalue weighted by Gasteiger charge is 2.57. The third kappa shape index (κ3) is 3.25. The summed E-state index contributed by atoms with van der Waals surface area (Å²) < 4.78 is 0. The summed E-state index contributed by atoms with van der Waals surface area (Å²) in [4.78, 5) is 16.4. The summed E-state index contributed by atoms with van der Waals surface area (Å²) in [6.07, 6.45) is 5.07. The maximum absolute atomic E-state index is 12.2. The number of aryl methyl sites for hydroxylation is 1. The molecule has 2 fully saturated rings. The molecule has 1 aromatic heterocycles. The zero-order valence-corrected chi connectivity index (χ0v) is 13.1. The highest BCUT2D eigenvalue weighted by Crippen LogP contribution is 2.58. The van der Waals surface area contributed by atoms with Gasteiger partial charge in [0.05, 0.1) is 11.4 Å². The van der Waals surface area contributed by atoms with Crippen molar-refractivity contribution in [1.29, 1.82) is 0 Å². The Morgan fingerprint density at radius 2 is 2.10 bits per heavy atom. The van der Waals surface area contributed by atoms with Crippen molar-refractivity contribution in [1.82, 2.24) is 10.3 Å². The van der Waals surface area contributed by atoms with E-state index in [2.05, 4.69) is 15.6 Å². The minimum atomic E-state index is 0. The SMILES string of the molecule is Cc1ncccc1NC(=O)C1CC12CCNCC2.Cl.Cl. The van der Waals surface area contributed by atoms with E-state index < -0.39 is 0 Å². The summed E-state index contributed by atoms with van der Waals surface area (Å²) in [5.74, 6) is 0.382. The van der Waals surface area contributed by atoms with Crippen LogP contribution in [0.4, 0.5) is 5.69 Å². The van der Waals surface area contributed by atoms with E-state index in [-0.39, 0.29) is 36.6 Å². The summed E-state index contributed by atoms with van der Waals surface area (Å²) in [6.45, 7) is 4.02. The average molecular weight is 318 g/mol. The first-order chi connectivity index (χ1) is 8.71. The van der Waals surface area contributed by atoms with Crippen LogP contribution < -0.4 is 10.6 Å². The average Bonchev–Trinajstić information content (AvgIpc) is 3.07. The number of aromatic nitrogens is 1. The number of piperidine rings is 1. The van der Waals surface area contributed by atoms with Crippen molar-refractivity contribution in [2.24, 2.45) is 11.3 Å². The quantitative estimate of drug-likeness (QED) is 0.881. The number of amides is 1. The summed E-state index contributed by atoms with van der Waals surface area (Å²) >= 11 is 0. The lowest BCUT2D eigenvalue weighted by Crippen LogP contribution is -2.31. The number of nitrogens with one attached hydrogen (secondary N) is 2. The van der Waals surface area contributed by atoms with Gasteiger partial charge < -0.3 is 10.6 Å². The normalized spacial score (nSPS) is 22.4. The molecule has 2 aliphatic rings. The van der Waals surface area contributed by atoms with Gasteiger partial charge in [-0.15, -0.1) is 24.8 Å². The maximum Gasteiger partial charge on any atom is 0.228 e. The first kappa shape index (κ1) is 17.2. The van der Waals surface area contributed by atoms with E-state index in [9.17, 15) is 4.79 Å². The second-order valence-electron chi connectivity index (χ2n) is 5.49. The maximum atomic E-state index is 12.2. The molecule has 2 N–H and O–H groups in total. The number of pyridine rings is 1. The van der Waals surface area contributed by atoms with E-state index in [0.29, 0.717) is 5.41 Å². The number of carbonyl (C=O) groups is 1. The van der Waals surface area contributed by atoms with Crippen LogP contribution in [0, 0.1) is 18.3 Å². The number of anilines is 1. The Bertz CT molecular complexity index is 475. The Labute approximate surface area is 131 Å². The van der Waals surface area contributed by atoms with Gasteiger partial charge in [-0.05, 0) is 56.8 Å². The molecule has 20 heavy (non-hydrogen) atoms. The number of hydrogen-bond donors (Lipinski definition) is 2. The molecule has 1 aliphatic carbocycles. The standard InChI is InChI=1S/C14H19N3O.2ClH/c1-10-12(3-2-6-16-10)17-13(18)11-9-14(11)4-7-15-8-5-14;;/h2-3,6,11,15H,4-5,7-9H2,1H3,(H,17,18);2*1H. The van der Waals surface area contributed by atoms with Crippen molar-refractivity contribution < 1.29 is 4.79 Å². The van der Waals surface area contributed by atoms with Crippen LogP contribution in [0.3, 0.4) is 0 Å². The van der Waals surface area contributed by atoms with Crippen LogP contribution >= 0.6 is 24.8 Å². The predicted molar refractivity (Wildman–Crippen MR) is 84.7 cm³/mol. The lowest BCUT2D eigenvalue weighted by molar-refractivity contribution is -0.118. The number of nitrogens with zero attached hydrogens (tertiary/aromatic N) is 1. The van der Waals surface area contributed by atoms with Crippen molar-refractivity contribution >= 4 is 36.4 Å². The van der Waals surface area contributed by atoms with Gasteiger partial charge in [0.2, 0.25) is 5.91 Å². The molecule has 1 unspecified atom stereocenters. The van der Waals surface area contributed by atoms with Crippen molar-refractivity contribution in [2.45, 2.75) is 26.2 Å². The molecule has 1 atom stereocenters. The van der Waals surface area contributed by atoms with Gasteiger partial charge in [-0.25, -0.2) is 0 Å². The Morgan fingerprint density at radius 1 is 1.40 bits per heavy atom. The zero-order valence-electron chi connectivity index (χ0n) is 11.5. The van der Waals surface area contributed by atoms with Gasteiger partial charge in [0, 0.05) is 12.1 Å². The number of rotatable bonds is 2. The molecule has 0 radical (unpaired) electrons. The Balaban J connectivity index is 0.000001000. The largest absolute Gasteiger partial charge is 0.324 e. The highest BCUT2D eigenvalue weighted by atomic mass is 35.5. The molecule has 1 spiro atoms. The van der Waals surface area contributed by atoms with Crippen molar-refractivity contribution in [3.05, 3.63) is 24.0 Å². The zero-order chi connectivity index (χ0) is 12.6. The fourth-order valence-electron chi connectivity index (χ4n) is 3.03. The second kappa shape index (κ2) is 6.74. The van der Waals surface area contributed by atoms with Crippen LogP contribution in [0.25, 0.3) is 0 Å². The molecule has 1 aliphatic heterocycles. The Morgan fingerprint density at radius 3 is 2.75 bits per heavy atom. The Hall–Kier alpha value is -0.840. The molecule has 0 bridgehead atoms. The molecule has 1 saturated carbocycles. The number of halogens is 2. The van der Waals surface area contributed by atoms with E-state index >= 15 is 0 Å². The first-order valence-corrected chi connectivity index (χ1v) is 6.64. The topological polar surface area (TPSA) is 54.0 Å². The van der Waals surface area contributed by atoms with E-state index in [0.717, 1.165) is 43.7 Å². The Kier molecular flexibility index (Phi) is 5.80. The van der Waals surface area contributed by atoms with Gasteiger partial charge in [-0.3, -0.25) is 9.78 Å². The van der Waals surface area contributed by atoms with E-state index in [1.807, 2.05) is 19.1 Å². The monoisotopic (exact) mass is 317 g/mol. The third-order valence-electron chi connectivity index (χ3n) is 4.37. The summed E-state index contributed by atoms with van der Waals surface area (Å²) in [5.41, 5.74) is 2.02. The van der Waals surface area contributed by atoms with Gasteiger partial charge in [0.1, 0.15) is 0 Å². The van der Waals surface area contributed by atoms with Gasteiger partial charge in [-0.2, -0.15) is 0 Å². The molecule has 4 nitrogen and oxygen atoms in total. The van der Waals surface area contributed by atoms with Crippen molar-refractivity contribution in [3.8, 4) is 0 Å². The lowest BCUT2D eigenvalue weighted by Gasteiger charge is -2.23. The molecular formula is C14H21Cl2N3O. The number of carbonyl (C=O) groups excluding carboxylic acids is 1. The first-order valence-electron chi connectivity index (χ1n) is 6.64. The van der Waals surface area contributed by atoms with Crippen LogP contribution in [0.15, 0.2) is 18.3 Å². The van der Waals surface area contributed by atoms with Crippen LogP contribution in [-0.4, -0.2) is 24.0 Å². The molecule has 2 heterocycles. The number of hydrogen-bond acceptors (Lipinski definition) is 3. The van der Waals surface area contributed by atoms with Crippen LogP contribution in [0.2, 0.25) is 0 Å². The molecule has 1 saturated heterocycles. The predicted octanol–water partition coefficient (Wildman–Crippen LogP) is 2.56. The fourth-order valence-corrected chi connectivity index (χ4v) is 3.03. The highest BCUT2D eigenvalue weighted by molar-refractivity contribution is 5.95. The fraction of sp³-hybridized carbons (Fsp3) is 0.571. The van der Waals surface area contributed by atoms with Crippen LogP contribution in [-0.2, 0) is 4.79 Å². The van der Waals surface area contributed by atoms with Gasteiger partial charge in [-0.1, -0.05) is 0 Å². The second-order valence-corrected chi connectivity index (χ2v) is 5.49. The van der Waals surface area contributed by atoms with E-state index in [1.165, 1.54) is 0 Å². The molecule has 112 valence electrons. The van der Waals surface area contributed by atoms with E-state index in [1.54, 1.807) is 6.20 Å². The van der Waals surface area contributed by atoms with Crippen LogP contribution in [0.1, 0.15) is 25.0 Å². The van der Waals surface area contributed by atoms with Crippen LogP contribution in [0.5, 0.6) is 0 Å². The van der Waals surface area contributed by atoms with Gasteiger partial charge in [0.25, 0.3) is 0 Å². The molecule has 1 aromatic rings. The van der Waals surface area contributed by atoms with Gasteiger partial charge in [0.15, 0.2) is 0 Å². The van der Waals surface area contributed by atoms with Gasteiger partial charge >= 0.3 is 0 Å². The summed E-state index contributed by atoms with van der Waals surface area (Å²) in [6, 6.07) is 3.77. The van der Waals surface area contributed by atoms with Crippen molar-refractivity contribution in [3.63, 3.8) is 0 Å². The van der Waals surface area contributed by atoms with Crippen molar-refractivity contribution in [2.75, 3.05) is 18.4 Å². The minimum Gasteiger partial charge on any atom is -0.324 e. The molecule has 6 heteroatoms. The molecular weight excluding hydrogens is 297 g/mol. The lowest BCUT2D eigenvalue weighted by atomic mass is 9.92. The third-order valence-corrected chi connectivity index (χ3v) is 4.37. The summed E-state index contributed by atoms with van der Waals surface area (Å²) in [7, 11) is 0. The van der Waals surface area contributed by atoms with E-state index in [4.69, 9.17) is 0 Å². The summed E-state index contributed by atoms with van der Waals surface area (Å²) in [5, 5.41) is 6.38. The molecule has 3 rings (SSSR count).